The van der Waals surface area contributed by atoms with Crippen molar-refractivity contribution in [2.45, 2.75) is 37.4 Å². The standard InChI is InChI=1S/C29H34ClF2N3O3/c30-25-3-1-2-23-24(15-33-29(23)25)22-8-9-34(17-27(22)37)16-26(36)19-6-10-35(11-7-19)28(38)5-4-18-12-20(31)14-21(32)13-18/h1-5,12-14,19,22,24,26-27,33,36-37H,6-11,15-17H2/b5-4+. The lowest BCUT2D eigenvalue weighted by Gasteiger charge is -2.41. The summed E-state index contributed by atoms with van der Waals surface area (Å²) < 4.78 is 26.7. The number of piperidine rings is 2. The Hall–Kier alpha value is -2.52. The molecule has 5 rings (SSSR count). The molecule has 3 N–H and O–H groups in total. The topological polar surface area (TPSA) is 76.0 Å². The van der Waals surface area contributed by atoms with Gasteiger partial charge < -0.3 is 20.4 Å². The first kappa shape index (κ1) is 27.1. The summed E-state index contributed by atoms with van der Waals surface area (Å²) in [5.41, 5.74) is 2.45. The molecule has 0 spiro atoms. The number of rotatable bonds is 6. The van der Waals surface area contributed by atoms with Gasteiger partial charge in [-0.1, -0.05) is 23.7 Å². The van der Waals surface area contributed by atoms with Crippen LogP contribution in [0.1, 0.15) is 36.3 Å². The number of para-hydroxylation sites is 1. The van der Waals surface area contributed by atoms with Crippen molar-refractivity contribution < 1.29 is 23.8 Å². The van der Waals surface area contributed by atoms with E-state index in [4.69, 9.17) is 11.6 Å². The van der Waals surface area contributed by atoms with Gasteiger partial charge in [0, 0.05) is 50.8 Å². The molecule has 0 aromatic heterocycles. The second-order valence-corrected chi connectivity index (χ2v) is 11.1. The maximum Gasteiger partial charge on any atom is 0.246 e. The number of β-amino-alcohol motifs (C(OH)–C–C–N with tert-alkyl or cyclic N) is 2. The first-order valence-corrected chi connectivity index (χ1v) is 13.7. The smallest absolute Gasteiger partial charge is 0.246 e. The number of benzene rings is 2. The lowest BCUT2D eigenvalue weighted by molar-refractivity contribution is -0.128. The number of anilines is 1. The van der Waals surface area contributed by atoms with Gasteiger partial charge in [0.15, 0.2) is 0 Å². The van der Waals surface area contributed by atoms with Crippen LogP contribution in [0.2, 0.25) is 5.02 Å². The van der Waals surface area contributed by atoms with Gasteiger partial charge in [0.2, 0.25) is 5.91 Å². The number of aliphatic hydroxyl groups excluding tert-OH is 2. The number of halogens is 3. The molecule has 4 unspecified atom stereocenters. The third-order valence-corrected chi connectivity index (χ3v) is 8.64. The van der Waals surface area contributed by atoms with Crippen LogP contribution in [0.15, 0.2) is 42.5 Å². The van der Waals surface area contributed by atoms with E-state index in [-0.39, 0.29) is 23.7 Å². The summed E-state index contributed by atoms with van der Waals surface area (Å²) >= 11 is 6.33. The predicted octanol–water partition coefficient (Wildman–Crippen LogP) is 4.12. The minimum atomic E-state index is -0.686. The summed E-state index contributed by atoms with van der Waals surface area (Å²) in [5.74, 6) is -1.15. The summed E-state index contributed by atoms with van der Waals surface area (Å²) in [6, 6.07) is 9.06. The molecule has 2 fully saturated rings. The molecule has 1 amide bonds. The highest BCUT2D eigenvalue weighted by Crippen LogP contribution is 2.43. The fourth-order valence-corrected chi connectivity index (χ4v) is 6.50. The highest BCUT2D eigenvalue weighted by molar-refractivity contribution is 6.33. The average Bonchev–Trinajstić information content (AvgIpc) is 3.32. The van der Waals surface area contributed by atoms with Crippen LogP contribution >= 0.6 is 11.6 Å². The van der Waals surface area contributed by atoms with E-state index in [0.717, 1.165) is 31.3 Å². The molecule has 204 valence electrons. The van der Waals surface area contributed by atoms with Gasteiger partial charge in [0.1, 0.15) is 11.6 Å². The van der Waals surface area contributed by atoms with E-state index in [9.17, 15) is 23.8 Å². The maximum atomic E-state index is 13.4. The lowest BCUT2D eigenvalue weighted by Crippen LogP contribution is -2.50. The quantitative estimate of drug-likeness (QED) is 0.476. The fourth-order valence-electron chi connectivity index (χ4n) is 6.25. The number of likely N-dealkylation sites (tertiary alicyclic amines) is 2. The molecule has 0 bridgehead atoms. The van der Waals surface area contributed by atoms with E-state index < -0.39 is 23.8 Å². The van der Waals surface area contributed by atoms with Gasteiger partial charge in [-0.15, -0.1) is 0 Å². The third-order valence-electron chi connectivity index (χ3n) is 8.32. The van der Waals surface area contributed by atoms with Crippen molar-refractivity contribution in [3.8, 4) is 0 Å². The van der Waals surface area contributed by atoms with Crippen molar-refractivity contribution in [1.29, 1.82) is 0 Å². The molecular weight excluding hydrogens is 512 g/mol. The number of fused-ring (bicyclic) bond motifs is 1. The molecule has 3 heterocycles. The Morgan fingerprint density at radius 1 is 1.13 bits per heavy atom. The van der Waals surface area contributed by atoms with Crippen LogP contribution in [0.25, 0.3) is 6.08 Å². The summed E-state index contributed by atoms with van der Waals surface area (Å²) in [5, 5.41) is 26.1. The monoisotopic (exact) mass is 545 g/mol. The van der Waals surface area contributed by atoms with Crippen LogP contribution in [-0.2, 0) is 4.79 Å². The van der Waals surface area contributed by atoms with Gasteiger partial charge in [-0.3, -0.25) is 9.69 Å². The Kier molecular flexibility index (Phi) is 8.33. The molecular formula is C29H34ClF2N3O3. The molecule has 3 aliphatic heterocycles. The molecule has 2 saturated heterocycles. The molecule has 3 aliphatic rings. The molecule has 2 aromatic rings. The SMILES string of the molecule is O=C(/C=C/c1cc(F)cc(F)c1)N1CCC(C(O)CN2CCC(C3CNc4c(Cl)cccc43)C(O)C2)CC1. The van der Waals surface area contributed by atoms with Gasteiger partial charge in [-0.05, 0) is 73.0 Å². The second kappa shape index (κ2) is 11.7. The number of nitrogens with one attached hydrogen (secondary N) is 1. The van der Waals surface area contributed by atoms with Gasteiger partial charge in [-0.25, -0.2) is 8.78 Å². The van der Waals surface area contributed by atoms with E-state index >= 15 is 0 Å². The number of aliphatic hydroxyl groups is 2. The van der Waals surface area contributed by atoms with Crippen molar-refractivity contribution >= 4 is 29.3 Å². The molecule has 9 heteroatoms. The first-order valence-electron chi connectivity index (χ1n) is 13.3. The highest BCUT2D eigenvalue weighted by Gasteiger charge is 2.39. The number of hydrogen-bond donors (Lipinski definition) is 3. The molecule has 0 saturated carbocycles. The van der Waals surface area contributed by atoms with Crippen molar-refractivity contribution in [1.82, 2.24) is 9.80 Å². The van der Waals surface area contributed by atoms with E-state index in [2.05, 4.69) is 16.3 Å². The van der Waals surface area contributed by atoms with Crippen molar-refractivity contribution in [3.63, 3.8) is 0 Å². The van der Waals surface area contributed by atoms with Gasteiger partial charge >= 0.3 is 0 Å². The summed E-state index contributed by atoms with van der Waals surface area (Å²) in [6.45, 7) is 3.65. The zero-order valence-electron chi connectivity index (χ0n) is 21.2. The Balaban J connectivity index is 1.08. The van der Waals surface area contributed by atoms with E-state index in [1.54, 1.807) is 4.90 Å². The largest absolute Gasteiger partial charge is 0.392 e. The number of hydrogen-bond acceptors (Lipinski definition) is 5. The van der Waals surface area contributed by atoms with Gasteiger partial charge in [0.25, 0.3) is 0 Å². The van der Waals surface area contributed by atoms with Crippen molar-refractivity contribution in [2.75, 3.05) is 44.6 Å². The Labute approximate surface area is 226 Å². The predicted molar refractivity (Wildman–Crippen MR) is 144 cm³/mol. The molecule has 2 aromatic carbocycles. The number of nitrogens with zero attached hydrogens (tertiary/aromatic N) is 2. The molecule has 4 atom stereocenters. The maximum absolute atomic E-state index is 13.4. The van der Waals surface area contributed by atoms with Crippen molar-refractivity contribution in [3.05, 3.63) is 70.3 Å². The highest BCUT2D eigenvalue weighted by atomic mass is 35.5. The Bertz CT molecular complexity index is 1170. The number of carbonyl (C=O) groups is 1. The summed E-state index contributed by atoms with van der Waals surface area (Å²) in [4.78, 5) is 16.4. The van der Waals surface area contributed by atoms with E-state index in [1.165, 1.54) is 29.8 Å². The van der Waals surface area contributed by atoms with Crippen LogP contribution in [-0.4, -0.2) is 77.4 Å². The van der Waals surface area contributed by atoms with Crippen LogP contribution in [0, 0.1) is 23.5 Å². The van der Waals surface area contributed by atoms with Crippen LogP contribution in [0.5, 0.6) is 0 Å². The molecule has 0 radical (unpaired) electrons. The van der Waals surface area contributed by atoms with E-state index in [0.29, 0.717) is 49.6 Å². The minimum Gasteiger partial charge on any atom is -0.392 e. The average molecular weight is 546 g/mol. The minimum absolute atomic E-state index is 0.0725. The fraction of sp³-hybridized carbons (Fsp3) is 0.483. The van der Waals surface area contributed by atoms with E-state index in [1.807, 2.05) is 12.1 Å². The normalized spacial score (nSPS) is 25.4. The van der Waals surface area contributed by atoms with Crippen LogP contribution in [0.3, 0.4) is 0 Å². The summed E-state index contributed by atoms with van der Waals surface area (Å²) in [6.07, 6.45) is 3.95. The Morgan fingerprint density at radius 3 is 2.58 bits per heavy atom. The third kappa shape index (κ3) is 6.04. The number of amides is 1. The zero-order valence-corrected chi connectivity index (χ0v) is 22.0. The van der Waals surface area contributed by atoms with Gasteiger partial charge in [-0.2, -0.15) is 0 Å². The van der Waals surface area contributed by atoms with Crippen LogP contribution in [0.4, 0.5) is 14.5 Å². The molecule has 38 heavy (non-hydrogen) atoms. The second-order valence-electron chi connectivity index (χ2n) is 10.7. The zero-order chi connectivity index (χ0) is 26.8. The summed E-state index contributed by atoms with van der Waals surface area (Å²) in [7, 11) is 0. The van der Waals surface area contributed by atoms with Crippen LogP contribution < -0.4 is 5.32 Å². The van der Waals surface area contributed by atoms with Crippen molar-refractivity contribution in [2.24, 2.45) is 11.8 Å². The lowest BCUT2D eigenvalue weighted by atomic mass is 9.79. The Morgan fingerprint density at radius 2 is 1.87 bits per heavy atom. The molecule has 0 aliphatic carbocycles. The number of carbonyl (C=O) groups excluding carboxylic acids is 1. The first-order chi connectivity index (χ1) is 18.3. The van der Waals surface area contributed by atoms with Gasteiger partial charge in [0.05, 0.1) is 22.9 Å². The molecule has 6 nitrogen and oxygen atoms in total.